The minimum atomic E-state index is -1.27. The van der Waals surface area contributed by atoms with Gasteiger partial charge in [0.2, 0.25) is 0 Å². The van der Waals surface area contributed by atoms with Crippen LogP contribution in [0.4, 0.5) is 0 Å². The van der Waals surface area contributed by atoms with Crippen LogP contribution in [0.3, 0.4) is 0 Å². The molecular formula is C12H12Cl2O3. The van der Waals surface area contributed by atoms with Crippen molar-refractivity contribution in [2.24, 2.45) is 0 Å². The number of hydrogen-bond donors (Lipinski definition) is 1. The second-order valence-electron chi connectivity index (χ2n) is 3.28. The van der Waals surface area contributed by atoms with Crippen LogP contribution in [0.1, 0.15) is 18.6 Å². The monoisotopic (exact) mass is 274 g/mol. The zero-order chi connectivity index (χ0) is 13.0. The van der Waals surface area contributed by atoms with Gasteiger partial charge >= 0.3 is 5.97 Å². The molecule has 0 aromatic heterocycles. The van der Waals surface area contributed by atoms with Gasteiger partial charge in [-0.1, -0.05) is 35.8 Å². The number of aliphatic hydroxyl groups excluding tert-OH is 1. The zero-order valence-corrected chi connectivity index (χ0v) is 10.8. The highest BCUT2D eigenvalue weighted by Crippen LogP contribution is 2.33. The van der Waals surface area contributed by atoms with Gasteiger partial charge in [0, 0.05) is 15.6 Å². The molecule has 0 heterocycles. The first kappa shape index (κ1) is 14.0. The molecule has 5 heteroatoms. The minimum Gasteiger partial charge on any atom is -0.463 e. The van der Waals surface area contributed by atoms with Crippen molar-refractivity contribution in [3.05, 3.63) is 46.0 Å². The van der Waals surface area contributed by atoms with Crippen molar-refractivity contribution < 1.29 is 14.6 Å². The molecule has 0 aliphatic heterocycles. The molecule has 0 radical (unpaired) electrons. The lowest BCUT2D eigenvalue weighted by molar-refractivity contribution is -0.139. The minimum absolute atomic E-state index is 0.0955. The number of rotatable bonds is 4. The quantitative estimate of drug-likeness (QED) is 0.678. The molecule has 92 valence electrons. The van der Waals surface area contributed by atoms with Gasteiger partial charge in [-0.15, -0.1) is 0 Å². The first-order valence-electron chi connectivity index (χ1n) is 4.97. The van der Waals surface area contributed by atoms with Gasteiger partial charge in [0.05, 0.1) is 12.2 Å². The summed E-state index contributed by atoms with van der Waals surface area (Å²) in [4.78, 5) is 11.4. The molecule has 1 atom stereocenters. The molecule has 1 rings (SSSR count). The van der Waals surface area contributed by atoms with Crippen molar-refractivity contribution in [2.75, 3.05) is 6.61 Å². The Morgan fingerprint density at radius 2 is 2.00 bits per heavy atom. The molecule has 0 saturated carbocycles. The number of carbonyl (C=O) groups excluding carboxylic acids is 1. The molecule has 0 saturated heterocycles. The third kappa shape index (κ3) is 3.22. The van der Waals surface area contributed by atoms with E-state index in [-0.39, 0.29) is 27.8 Å². The van der Waals surface area contributed by atoms with Crippen molar-refractivity contribution in [3.63, 3.8) is 0 Å². The van der Waals surface area contributed by atoms with E-state index in [0.29, 0.717) is 0 Å². The maximum atomic E-state index is 11.4. The Balaban J connectivity index is 3.00. The Morgan fingerprint density at radius 3 is 2.47 bits per heavy atom. The Hall–Kier alpha value is -1.03. The van der Waals surface area contributed by atoms with Gasteiger partial charge in [-0.3, -0.25) is 0 Å². The van der Waals surface area contributed by atoms with Crippen molar-refractivity contribution >= 4 is 29.2 Å². The fourth-order valence-electron chi connectivity index (χ4n) is 1.28. The van der Waals surface area contributed by atoms with Crippen LogP contribution in [0, 0.1) is 0 Å². The van der Waals surface area contributed by atoms with Crippen molar-refractivity contribution in [3.8, 4) is 0 Å². The van der Waals surface area contributed by atoms with E-state index in [1.165, 1.54) is 0 Å². The lowest BCUT2D eigenvalue weighted by Crippen LogP contribution is -2.14. The summed E-state index contributed by atoms with van der Waals surface area (Å²) in [6.45, 7) is 5.37. The summed E-state index contributed by atoms with van der Waals surface area (Å²) < 4.78 is 4.74. The predicted octanol–water partition coefficient (Wildman–Crippen LogP) is 3.15. The van der Waals surface area contributed by atoms with Crippen molar-refractivity contribution in [1.29, 1.82) is 0 Å². The Kier molecular flexibility index (Phi) is 5.00. The average Bonchev–Trinajstić information content (AvgIpc) is 2.27. The van der Waals surface area contributed by atoms with Gasteiger partial charge in [-0.2, -0.15) is 0 Å². The average molecular weight is 275 g/mol. The number of carbonyl (C=O) groups is 1. The van der Waals surface area contributed by atoms with Crippen LogP contribution in [0.5, 0.6) is 0 Å². The van der Waals surface area contributed by atoms with Crippen LogP contribution in [0.25, 0.3) is 0 Å². The second kappa shape index (κ2) is 6.05. The van der Waals surface area contributed by atoms with E-state index in [2.05, 4.69) is 6.58 Å². The molecule has 3 nitrogen and oxygen atoms in total. The maximum Gasteiger partial charge on any atom is 0.336 e. The SMILES string of the molecule is C=C(C(=O)OCC)C(O)c1c(Cl)cccc1Cl. The largest absolute Gasteiger partial charge is 0.463 e. The summed E-state index contributed by atoms with van der Waals surface area (Å²) in [6, 6.07) is 4.79. The van der Waals surface area contributed by atoms with Gasteiger partial charge in [-0.25, -0.2) is 4.79 Å². The third-order valence-electron chi connectivity index (χ3n) is 2.14. The van der Waals surface area contributed by atoms with Crippen LogP contribution < -0.4 is 0 Å². The van der Waals surface area contributed by atoms with E-state index >= 15 is 0 Å². The lowest BCUT2D eigenvalue weighted by atomic mass is 10.0. The molecule has 0 spiro atoms. The Morgan fingerprint density at radius 1 is 1.47 bits per heavy atom. The molecule has 0 aliphatic carbocycles. The van der Waals surface area contributed by atoms with Crippen molar-refractivity contribution in [2.45, 2.75) is 13.0 Å². The molecule has 1 N–H and O–H groups in total. The number of aliphatic hydroxyl groups is 1. The topological polar surface area (TPSA) is 46.5 Å². The van der Waals surface area contributed by atoms with E-state index in [0.717, 1.165) is 0 Å². The lowest BCUT2D eigenvalue weighted by Gasteiger charge is -2.15. The smallest absolute Gasteiger partial charge is 0.336 e. The first-order valence-corrected chi connectivity index (χ1v) is 5.72. The van der Waals surface area contributed by atoms with Crippen molar-refractivity contribution in [1.82, 2.24) is 0 Å². The van der Waals surface area contributed by atoms with Crippen LogP contribution in [-0.4, -0.2) is 17.7 Å². The van der Waals surface area contributed by atoms with E-state index in [1.54, 1.807) is 25.1 Å². The predicted molar refractivity (Wildman–Crippen MR) is 67.2 cm³/mol. The summed E-state index contributed by atoms with van der Waals surface area (Å²) >= 11 is 11.8. The summed E-state index contributed by atoms with van der Waals surface area (Å²) in [6.07, 6.45) is -1.27. The normalized spacial score (nSPS) is 12.0. The zero-order valence-electron chi connectivity index (χ0n) is 9.24. The number of halogens is 2. The highest BCUT2D eigenvalue weighted by Gasteiger charge is 2.23. The summed E-state index contributed by atoms with van der Waals surface area (Å²) in [7, 11) is 0. The summed E-state index contributed by atoms with van der Waals surface area (Å²) in [5, 5.41) is 10.5. The van der Waals surface area contributed by atoms with Crippen LogP contribution in [0.2, 0.25) is 10.0 Å². The van der Waals surface area contributed by atoms with E-state index < -0.39 is 12.1 Å². The molecule has 1 aromatic rings. The van der Waals surface area contributed by atoms with Gasteiger partial charge in [0.15, 0.2) is 0 Å². The van der Waals surface area contributed by atoms with E-state index in [1.807, 2.05) is 0 Å². The van der Waals surface area contributed by atoms with Gasteiger partial charge in [0.25, 0.3) is 0 Å². The Labute approximate surface area is 110 Å². The van der Waals surface area contributed by atoms with Crippen LogP contribution in [0.15, 0.2) is 30.4 Å². The highest BCUT2D eigenvalue weighted by molar-refractivity contribution is 6.36. The number of benzene rings is 1. The third-order valence-corrected chi connectivity index (χ3v) is 2.80. The molecule has 0 amide bonds. The molecule has 1 aromatic carbocycles. The molecule has 0 fully saturated rings. The van der Waals surface area contributed by atoms with Crippen LogP contribution in [-0.2, 0) is 9.53 Å². The molecule has 0 aliphatic rings. The molecule has 0 bridgehead atoms. The maximum absolute atomic E-state index is 11.4. The first-order chi connectivity index (χ1) is 7.99. The highest BCUT2D eigenvalue weighted by atomic mass is 35.5. The van der Waals surface area contributed by atoms with Gasteiger partial charge in [-0.05, 0) is 19.1 Å². The van der Waals surface area contributed by atoms with Gasteiger partial charge < -0.3 is 9.84 Å². The van der Waals surface area contributed by atoms with Gasteiger partial charge in [0.1, 0.15) is 6.10 Å². The van der Waals surface area contributed by atoms with Crippen LogP contribution >= 0.6 is 23.2 Å². The standard InChI is InChI=1S/C12H12Cl2O3/c1-3-17-12(16)7(2)11(15)10-8(13)5-4-6-9(10)14/h4-6,11,15H,2-3H2,1H3. The molecular weight excluding hydrogens is 263 g/mol. The summed E-state index contributed by atoms with van der Waals surface area (Å²) in [5.41, 5.74) is 0.163. The molecule has 1 unspecified atom stereocenters. The summed E-state index contributed by atoms with van der Waals surface area (Å²) in [5.74, 6) is -0.670. The number of ether oxygens (including phenoxy) is 1. The fourth-order valence-corrected chi connectivity index (χ4v) is 1.89. The van der Waals surface area contributed by atoms with E-state index in [9.17, 15) is 9.90 Å². The Bertz CT molecular complexity index is 423. The second-order valence-corrected chi connectivity index (χ2v) is 4.10. The van der Waals surface area contributed by atoms with E-state index in [4.69, 9.17) is 27.9 Å². The molecule has 17 heavy (non-hydrogen) atoms. The number of esters is 1. The number of hydrogen-bond acceptors (Lipinski definition) is 3. The fraction of sp³-hybridized carbons (Fsp3) is 0.250.